The van der Waals surface area contributed by atoms with Gasteiger partial charge in [0.25, 0.3) is 10.0 Å². The van der Waals surface area contributed by atoms with Crippen molar-refractivity contribution < 1.29 is 13.2 Å². The molecule has 0 bridgehead atoms. The fourth-order valence-electron chi connectivity index (χ4n) is 2.93. The van der Waals surface area contributed by atoms with Gasteiger partial charge in [-0.25, -0.2) is 9.67 Å². The number of anilines is 1. The summed E-state index contributed by atoms with van der Waals surface area (Å²) in [6.07, 6.45) is 4.92. The number of imidazole rings is 1. The van der Waals surface area contributed by atoms with Gasteiger partial charge in [-0.1, -0.05) is 13.8 Å². The van der Waals surface area contributed by atoms with E-state index in [2.05, 4.69) is 25.0 Å². The van der Waals surface area contributed by atoms with E-state index in [9.17, 15) is 8.42 Å². The summed E-state index contributed by atoms with van der Waals surface area (Å²) < 4.78 is 36.8. The summed E-state index contributed by atoms with van der Waals surface area (Å²) in [5.41, 5.74) is 0.393. The first-order chi connectivity index (χ1) is 14.8. The fourth-order valence-corrected chi connectivity index (χ4v) is 3.99. The second-order valence-corrected chi connectivity index (χ2v) is 8.74. The zero-order valence-electron chi connectivity index (χ0n) is 17.2. The Hall–Kier alpha value is -3.73. The van der Waals surface area contributed by atoms with E-state index in [1.807, 2.05) is 13.8 Å². The fraction of sp³-hybridized carbons (Fsp3) is 0.200. The van der Waals surface area contributed by atoms with Crippen LogP contribution in [0.3, 0.4) is 0 Å². The molecule has 4 aromatic rings. The van der Waals surface area contributed by atoms with Gasteiger partial charge in [0.1, 0.15) is 11.6 Å². The number of hydrogen-bond donors (Lipinski definition) is 1. The molecule has 0 fully saturated rings. The zero-order valence-corrected chi connectivity index (χ0v) is 18.0. The maximum Gasteiger partial charge on any atom is 0.280 e. The van der Waals surface area contributed by atoms with Crippen molar-refractivity contribution in [2.45, 2.75) is 24.8 Å². The molecule has 0 amide bonds. The molecule has 1 aromatic carbocycles. The third kappa shape index (κ3) is 4.56. The Bertz CT molecular complexity index is 1260. The molecule has 0 saturated heterocycles. The van der Waals surface area contributed by atoms with Crippen LogP contribution in [0.1, 0.15) is 25.6 Å². The Morgan fingerprint density at radius 2 is 1.84 bits per heavy atom. The lowest BCUT2D eigenvalue weighted by molar-refractivity contribution is 0.454. The van der Waals surface area contributed by atoms with Crippen LogP contribution in [-0.4, -0.2) is 37.9 Å². The quantitative estimate of drug-likeness (QED) is 0.470. The minimum Gasteiger partial charge on any atom is -0.438 e. The lowest BCUT2D eigenvalue weighted by Gasteiger charge is -2.08. The van der Waals surface area contributed by atoms with Crippen LogP contribution in [0.2, 0.25) is 0 Å². The number of sulfonamides is 1. The normalized spacial score (nSPS) is 11.6. The van der Waals surface area contributed by atoms with Crippen molar-refractivity contribution >= 4 is 15.7 Å². The standard InChI is InChI=1S/C20H21N7O3S/c1-14(2)20-22-19(13-26(20)3)31(28,29)25-15-5-7-16(8-6-15)30-18-10-9-17(23-24-18)27-12-4-11-21-27/h4-14,25H,1-3H3. The zero-order chi connectivity index (χ0) is 22.0. The van der Waals surface area contributed by atoms with Crippen LogP contribution in [0, 0.1) is 0 Å². The minimum atomic E-state index is -3.80. The van der Waals surface area contributed by atoms with Crippen molar-refractivity contribution in [2.75, 3.05) is 4.72 Å². The Labute approximate surface area is 179 Å². The van der Waals surface area contributed by atoms with Crippen LogP contribution >= 0.6 is 0 Å². The van der Waals surface area contributed by atoms with Crippen LogP contribution in [-0.2, 0) is 17.1 Å². The SMILES string of the molecule is CC(C)c1nc(S(=O)(=O)Nc2ccc(Oc3ccc(-n4cccn4)nn3)cc2)cn1C. The van der Waals surface area contributed by atoms with Crippen LogP contribution in [0.25, 0.3) is 5.82 Å². The lowest BCUT2D eigenvalue weighted by atomic mass is 10.2. The molecule has 0 spiro atoms. The van der Waals surface area contributed by atoms with Gasteiger partial charge < -0.3 is 9.30 Å². The number of ether oxygens (including phenoxy) is 1. The van der Waals surface area contributed by atoms with Crippen molar-refractivity contribution in [2.24, 2.45) is 7.05 Å². The highest BCUT2D eigenvalue weighted by Crippen LogP contribution is 2.23. The molecular weight excluding hydrogens is 418 g/mol. The van der Waals surface area contributed by atoms with Crippen molar-refractivity contribution in [3.05, 3.63) is 66.9 Å². The third-order valence-electron chi connectivity index (χ3n) is 4.38. The molecule has 0 aliphatic heterocycles. The molecule has 4 rings (SSSR count). The second kappa shape index (κ2) is 8.19. The first-order valence-electron chi connectivity index (χ1n) is 9.49. The van der Waals surface area contributed by atoms with Crippen LogP contribution in [0.5, 0.6) is 11.6 Å². The van der Waals surface area contributed by atoms with E-state index in [1.165, 1.54) is 6.20 Å². The van der Waals surface area contributed by atoms with Crippen molar-refractivity contribution in [1.82, 2.24) is 29.5 Å². The van der Waals surface area contributed by atoms with Crippen molar-refractivity contribution in [1.29, 1.82) is 0 Å². The predicted octanol–water partition coefficient (Wildman–Crippen LogP) is 3.11. The summed E-state index contributed by atoms with van der Waals surface area (Å²) in [7, 11) is -2.02. The van der Waals surface area contributed by atoms with E-state index in [1.54, 1.807) is 71.2 Å². The minimum absolute atomic E-state index is 0.0217. The van der Waals surface area contributed by atoms with Gasteiger partial charge in [0.15, 0.2) is 10.8 Å². The highest BCUT2D eigenvalue weighted by Gasteiger charge is 2.20. The van der Waals surface area contributed by atoms with Gasteiger partial charge in [-0.15, -0.1) is 10.2 Å². The number of aryl methyl sites for hydroxylation is 1. The Kier molecular flexibility index (Phi) is 5.42. The lowest BCUT2D eigenvalue weighted by Crippen LogP contribution is -2.13. The third-order valence-corrected chi connectivity index (χ3v) is 5.63. The summed E-state index contributed by atoms with van der Waals surface area (Å²) in [4.78, 5) is 4.24. The number of nitrogens with zero attached hydrogens (tertiary/aromatic N) is 6. The van der Waals surface area contributed by atoms with Crippen LogP contribution < -0.4 is 9.46 Å². The number of rotatable bonds is 7. The summed E-state index contributed by atoms with van der Waals surface area (Å²) in [5.74, 6) is 2.17. The average molecular weight is 440 g/mol. The molecule has 0 saturated carbocycles. The molecule has 0 atom stereocenters. The molecule has 31 heavy (non-hydrogen) atoms. The number of aromatic nitrogens is 6. The number of benzene rings is 1. The highest BCUT2D eigenvalue weighted by atomic mass is 32.2. The maximum absolute atomic E-state index is 12.7. The maximum atomic E-state index is 12.7. The number of hydrogen-bond acceptors (Lipinski definition) is 7. The largest absolute Gasteiger partial charge is 0.438 e. The van der Waals surface area contributed by atoms with E-state index in [0.717, 1.165) is 0 Å². The Morgan fingerprint density at radius 1 is 1.06 bits per heavy atom. The molecule has 1 N–H and O–H groups in total. The molecule has 0 radical (unpaired) electrons. The molecule has 11 heteroatoms. The van der Waals surface area contributed by atoms with E-state index < -0.39 is 10.0 Å². The first-order valence-corrected chi connectivity index (χ1v) is 11.0. The van der Waals surface area contributed by atoms with Crippen molar-refractivity contribution in [3.63, 3.8) is 0 Å². The van der Waals surface area contributed by atoms with Gasteiger partial charge in [-0.3, -0.25) is 4.72 Å². The van der Waals surface area contributed by atoms with Gasteiger partial charge in [0.05, 0.1) is 0 Å². The molecule has 10 nitrogen and oxygen atoms in total. The van der Waals surface area contributed by atoms with Gasteiger partial charge in [0.2, 0.25) is 5.88 Å². The monoisotopic (exact) mass is 439 g/mol. The molecule has 0 aliphatic rings. The van der Waals surface area contributed by atoms with Gasteiger partial charge in [0, 0.05) is 43.3 Å². The topological polar surface area (TPSA) is 117 Å². The summed E-state index contributed by atoms with van der Waals surface area (Å²) in [6.45, 7) is 3.92. The van der Waals surface area contributed by atoms with Gasteiger partial charge in [-0.05, 0) is 36.4 Å². The van der Waals surface area contributed by atoms with E-state index in [-0.39, 0.29) is 10.9 Å². The van der Waals surface area contributed by atoms with E-state index in [4.69, 9.17) is 4.74 Å². The summed E-state index contributed by atoms with van der Waals surface area (Å²) >= 11 is 0. The highest BCUT2D eigenvalue weighted by molar-refractivity contribution is 7.92. The smallest absolute Gasteiger partial charge is 0.280 e. The molecule has 160 valence electrons. The predicted molar refractivity (Wildman–Crippen MR) is 114 cm³/mol. The average Bonchev–Trinajstić information content (AvgIpc) is 3.40. The van der Waals surface area contributed by atoms with Gasteiger partial charge >= 0.3 is 0 Å². The van der Waals surface area contributed by atoms with E-state index in [0.29, 0.717) is 29.0 Å². The number of nitrogens with one attached hydrogen (secondary N) is 1. The molecule has 3 aromatic heterocycles. The van der Waals surface area contributed by atoms with Crippen LogP contribution in [0.4, 0.5) is 5.69 Å². The first kappa shape index (κ1) is 20.5. The van der Waals surface area contributed by atoms with Crippen LogP contribution in [0.15, 0.2) is 66.1 Å². The summed E-state index contributed by atoms with van der Waals surface area (Å²) in [5, 5.41) is 12.1. The molecule has 3 heterocycles. The Morgan fingerprint density at radius 3 is 2.42 bits per heavy atom. The molecular formula is C20H21N7O3S. The molecule has 0 aliphatic carbocycles. The Balaban J connectivity index is 1.44. The second-order valence-electron chi connectivity index (χ2n) is 7.12. The van der Waals surface area contributed by atoms with Gasteiger partial charge in [-0.2, -0.15) is 13.5 Å². The molecule has 0 unspecified atom stereocenters. The van der Waals surface area contributed by atoms with Crippen molar-refractivity contribution in [3.8, 4) is 17.4 Å². The summed E-state index contributed by atoms with van der Waals surface area (Å²) in [6, 6.07) is 11.7. The van der Waals surface area contributed by atoms with E-state index >= 15 is 0 Å².